The molecular weight excluding hydrogens is 350 g/mol. The molecule has 0 spiro atoms. The van der Waals surface area contributed by atoms with E-state index in [0.717, 1.165) is 29.8 Å². The van der Waals surface area contributed by atoms with E-state index in [1.54, 1.807) is 17.5 Å². The lowest BCUT2D eigenvalue weighted by Crippen LogP contribution is -2.45. The minimum atomic E-state index is -0.364. The molecule has 6 nitrogen and oxygen atoms in total. The van der Waals surface area contributed by atoms with E-state index in [9.17, 15) is 9.59 Å². The van der Waals surface area contributed by atoms with Crippen molar-refractivity contribution in [1.29, 1.82) is 0 Å². The Balaban J connectivity index is 1.51. The first kappa shape index (κ1) is 18.4. The molecule has 2 aromatic rings. The highest BCUT2D eigenvalue weighted by Gasteiger charge is 2.33. The lowest BCUT2D eigenvalue weighted by atomic mass is 10.1. The van der Waals surface area contributed by atoms with Gasteiger partial charge in [0.15, 0.2) is 0 Å². The first-order valence-corrected chi connectivity index (χ1v) is 9.69. The summed E-state index contributed by atoms with van der Waals surface area (Å²) in [6, 6.07) is 7.36. The molecule has 1 saturated heterocycles. The van der Waals surface area contributed by atoms with Crippen molar-refractivity contribution in [2.24, 2.45) is 0 Å². The van der Waals surface area contributed by atoms with E-state index in [4.69, 9.17) is 4.74 Å². The SMILES string of the molecule is COc1ccc(CCC(=O)N2CCCC2C(=O)NCc2cscn2)cc1. The first-order chi connectivity index (χ1) is 12.7. The van der Waals surface area contributed by atoms with Gasteiger partial charge in [-0.3, -0.25) is 9.59 Å². The van der Waals surface area contributed by atoms with Crippen LogP contribution in [0.5, 0.6) is 5.75 Å². The van der Waals surface area contributed by atoms with Crippen molar-refractivity contribution in [2.75, 3.05) is 13.7 Å². The number of carbonyl (C=O) groups is 2. The predicted octanol–water partition coefficient (Wildman–Crippen LogP) is 2.39. The summed E-state index contributed by atoms with van der Waals surface area (Å²) >= 11 is 1.50. The fourth-order valence-electron chi connectivity index (χ4n) is 3.15. The Morgan fingerprint density at radius 1 is 1.35 bits per heavy atom. The topological polar surface area (TPSA) is 71.5 Å². The Bertz CT molecular complexity index is 731. The molecule has 1 aliphatic rings. The van der Waals surface area contributed by atoms with Gasteiger partial charge in [-0.15, -0.1) is 11.3 Å². The van der Waals surface area contributed by atoms with Crippen molar-refractivity contribution in [3.05, 3.63) is 46.4 Å². The maximum Gasteiger partial charge on any atom is 0.243 e. The van der Waals surface area contributed by atoms with Crippen molar-refractivity contribution in [3.8, 4) is 5.75 Å². The number of nitrogens with one attached hydrogen (secondary N) is 1. The first-order valence-electron chi connectivity index (χ1n) is 8.74. The smallest absolute Gasteiger partial charge is 0.243 e. The van der Waals surface area contributed by atoms with Crippen LogP contribution in [-0.4, -0.2) is 41.4 Å². The summed E-state index contributed by atoms with van der Waals surface area (Å²) in [4.78, 5) is 30.9. The number of amides is 2. The van der Waals surface area contributed by atoms with Crippen molar-refractivity contribution < 1.29 is 14.3 Å². The van der Waals surface area contributed by atoms with Gasteiger partial charge in [-0.1, -0.05) is 12.1 Å². The Morgan fingerprint density at radius 3 is 2.85 bits per heavy atom. The van der Waals surface area contributed by atoms with E-state index in [2.05, 4.69) is 10.3 Å². The lowest BCUT2D eigenvalue weighted by molar-refractivity contribution is -0.138. The predicted molar refractivity (Wildman–Crippen MR) is 100 cm³/mol. The van der Waals surface area contributed by atoms with Crippen LogP contribution < -0.4 is 10.1 Å². The number of thiazole rings is 1. The van der Waals surface area contributed by atoms with Gasteiger partial charge in [0.05, 0.1) is 24.9 Å². The van der Waals surface area contributed by atoms with Crippen LogP contribution in [-0.2, 0) is 22.6 Å². The number of methoxy groups -OCH3 is 1. The second kappa shape index (κ2) is 8.80. The number of benzene rings is 1. The number of hydrogen-bond acceptors (Lipinski definition) is 5. The third kappa shape index (κ3) is 4.60. The van der Waals surface area contributed by atoms with Gasteiger partial charge in [-0.25, -0.2) is 4.98 Å². The molecule has 2 heterocycles. The molecule has 26 heavy (non-hydrogen) atoms. The third-order valence-electron chi connectivity index (χ3n) is 4.59. The number of ether oxygens (including phenoxy) is 1. The molecule has 0 bridgehead atoms. The van der Waals surface area contributed by atoms with E-state index < -0.39 is 0 Å². The second-order valence-electron chi connectivity index (χ2n) is 6.29. The van der Waals surface area contributed by atoms with Crippen LogP contribution in [0.2, 0.25) is 0 Å². The fraction of sp³-hybridized carbons (Fsp3) is 0.421. The van der Waals surface area contributed by atoms with Gasteiger partial charge >= 0.3 is 0 Å². The normalized spacial score (nSPS) is 16.5. The van der Waals surface area contributed by atoms with Gasteiger partial charge in [0.2, 0.25) is 11.8 Å². The highest BCUT2D eigenvalue weighted by atomic mass is 32.1. The number of hydrogen-bond donors (Lipinski definition) is 1. The molecule has 0 radical (unpaired) electrons. The minimum Gasteiger partial charge on any atom is -0.497 e. The lowest BCUT2D eigenvalue weighted by Gasteiger charge is -2.24. The van der Waals surface area contributed by atoms with Crippen molar-refractivity contribution in [2.45, 2.75) is 38.3 Å². The van der Waals surface area contributed by atoms with Crippen molar-refractivity contribution in [1.82, 2.24) is 15.2 Å². The van der Waals surface area contributed by atoms with E-state index in [-0.39, 0.29) is 17.9 Å². The van der Waals surface area contributed by atoms with E-state index in [1.165, 1.54) is 11.3 Å². The van der Waals surface area contributed by atoms with Crippen LogP contribution in [0.1, 0.15) is 30.5 Å². The van der Waals surface area contributed by atoms with E-state index >= 15 is 0 Å². The van der Waals surface area contributed by atoms with E-state index in [1.807, 2.05) is 29.6 Å². The highest BCUT2D eigenvalue weighted by Crippen LogP contribution is 2.20. The highest BCUT2D eigenvalue weighted by molar-refractivity contribution is 7.07. The average molecular weight is 373 g/mol. The second-order valence-corrected chi connectivity index (χ2v) is 7.01. The Labute approximate surface area is 157 Å². The van der Waals surface area contributed by atoms with Crippen LogP contribution in [0.25, 0.3) is 0 Å². The zero-order valence-electron chi connectivity index (χ0n) is 14.8. The van der Waals surface area contributed by atoms with Gasteiger partial charge in [-0.05, 0) is 37.0 Å². The van der Waals surface area contributed by atoms with Crippen molar-refractivity contribution >= 4 is 23.2 Å². The van der Waals surface area contributed by atoms with Gasteiger partial charge in [0.1, 0.15) is 11.8 Å². The molecule has 1 N–H and O–H groups in total. The summed E-state index contributed by atoms with van der Waals surface area (Å²) in [6.45, 7) is 1.06. The van der Waals surface area contributed by atoms with Crippen LogP contribution in [0.4, 0.5) is 0 Å². The molecule has 0 aliphatic carbocycles. The van der Waals surface area contributed by atoms with Gasteiger partial charge in [0, 0.05) is 18.3 Å². The number of rotatable bonds is 7. The number of carbonyl (C=O) groups excluding carboxylic acids is 2. The molecule has 1 aliphatic heterocycles. The minimum absolute atomic E-state index is 0.0344. The average Bonchev–Trinajstić information content (AvgIpc) is 3.36. The van der Waals surface area contributed by atoms with Crippen molar-refractivity contribution in [3.63, 3.8) is 0 Å². The zero-order chi connectivity index (χ0) is 18.4. The molecule has 3 rings (SSSR count). The summed E-state index contributed by atoms with van der Waals surface area (Å²) in [5, 5.41) is 4.81. The molecule has 7 heteroatoms. The monoisotopic (exact) mass is 373 g/mol. The molecule has 1 aromatic carbocycles. The summed E-state index contributed by atoms with van der Waals surface area (Å²) in [6.07, 6.45) is 2.65. The largest absolute Gasteiger partial charge is 0.497 e. The van der Waals surface area contributed by atoms with Crippen LogP contribution in [0.15, 0.2) is 35.2 Å². The standard InChI is InChI=1S/C19H23N3O3S/c1-25-16-7-4-14(5-8-16)6-9-18(23)22-10-2-3-17(22)19(24)20-11-15-12-26-13-21-15/h4-5,7-8,12-13,17H,2-3,6,9-11H2,1H3,(H,20,24). The fourth-order valence-corrected chi connectivity index (χ4v) is 3.70. The van der Waals surface area contributed by atoms with Crippen LogP contribution in [0.3, 0.4) is 0 Å². The molecule has 0 saturated carbocycles. The molecular formula is C19H23N3O3S. The van der Waals surface area contributed by atoms with Gasteiger partial charge in [-0.2, -0.15) is 0 Å². The zero-order valence-corrected chi connectivity index (χ0v) is 15.6. The Hall–Kier alpha value is -2.41. The maximum atomic E-state index is 12.6. The number of aryl methyl sites for hydroxylation is 1. The van der Waals surface area contributed by atoms with Gasteiger partial charge in [0.25, 0.3) is 0 Å². The number of aromatic nitrogens is 1. The van der Waals surface area contributed by atoms with Crippen LogP contribution in [0, 0.1) is 0 Å². The third-order valence-corrected chi connectivity index (χ3v) is 5.22. The molecule has 1 fully saturated rings. The molecule has 1 atom stereocenters. The van der Waals surface area contributed by atoms with Gasteiger partial charge < -0.3 is 15.0 Å². The molecule has 1 aromatic heterocycles. The Kier molecular flexibility index (Phi) is 6.22. The summed E-state index contributed by atoms with van der Waals surface area (Å²) in [5.74, 6) is 0.747. The molecule has 1 unspecified atom stereocenters. The van der Waals surface area contributed by atoms with E-state index in [0.29, 0.717) is 25.9 Å². The summed E-state index contributed by atoms with van der Waals surface area (Å²) in [7, 11) is 1.63. The van der Waals surface area contributed by atoms with Crippen LogP contribution >= 0.6 is 11.3 Å². The molecule has 138 valence electrons. The Morgan fingerprint density at radius 2 is 2.15 bits per heavy atom. The quantitative estimate of drug-likeness (QED) is 0.809. The molecule has 2 amide bonds. The summed E-state index contributed by atoms with van der Waals surface area (Å²) in [5.41, 5.74) is 3.67. The number of likely N-dealkylation sites (tertiary alicyclic amines) is 1. The summed E-state index contributed by atoms with van der Waals surface area (Å²) < 4.78 is 5.14. The number of nitrogens with zero attached hydrogens (tertiary/aromatic N) is 2. The maximum absolute atomic E-state index is 12.6.